The van der Waals surface area contributed by atoms with Crippen molar-refractivity contribution in [2.24, 2.45) is 0 Å². The fraction of sp³-hybridized carbons (Fsp3) is 0.312. The van der Waals surface area contributed by atoms with Gasteiger partial charge in [0, 0.05) is 28.8 Å². The first-order valence-electron chi connectivity index (χ1n) is 13.5. The molecule has 0 spiro atoms. The Morgan fingerprint density at radius 3 is 2.12 bits per heavy atom. The second-order valence-corrected chi connectivity index (χ2v) is 9.78. The number of aliphatic hydroxyl groups excluding tert-OH is 1. The average molecular weight is 596 g/mol. The van der Waals surface area contributed by atoms with E-state index < -0.39 is 6.16 Å². The number of benzene rings is 3. The maximum absolute atomic E-state index is 12.8. The van der Waals surface area contributed by atoms with Crippen molar-refractivity contribution in [3.63, 3.8) is 0 Å². The highest BCUT2D eigenvalue weighted by atomic mass is 35.5. The summed E-state index contributed by atoms with van der Waals surface area (Å²) in [5.41, 5.74) is 4.13. The molecule has 0 saturated carbocycles. The van der Waals surface area contributed by atoms with Crippen LogP contribution in [0.4, 0.5) is 4.79 Å². The van der Waals surface area contributed by atoms with Crippen molar-refractivity contribution in [1.82, 2.24) is 4.98 Å². The third-order valence-corrected chi connectivity index (χ3v) is 6.65. The lowest BCUT2D eigenvalue weighted by atomic mass is 9.99. The second-order valence-electron chi connectivity index (χ2n) is 9.38. The number of rotatable bonds is 14. The predicted octanol–water partition coefficient (Wildman–Crippen LogP) is 6.65. The molecule has 1 heterocycles. The van der Waals surface area contributed by atoms with Crippen molar-refractivity contribution in [1.29, 1.82) is 0 Å². The topological polar surface area (TPSA) is 106 Å². The molecule has 1 aromatic heterocycles. The van der Waals surface area contributed by atoms with Crippen molar-refractivity contribution < 1.29 is 38.3 Å². The standard InChI is InChI=1S/C32H34ClNO8/c1-21-4-8-25(9-5-21)41-26-10-6-23(7-11-26)30-22(2)34-29-18-24(20-35)28(33)19-27(29)31(30)42-32(36)40-17-16-39-15-14-38-13-12-37-3/h4-11,18-19,35H,12-17,20H2,1-3H3. The van der Waals surface area contributed by atoms with E-state index in [0.29, 0.717) is 64.9 Å². The van der Waals surface area contributed by atoms with Gasteiger partial charge in [-0.3, -0.25) is 4.98 Å². The molecule has 0 unspecified atom stereocenters. The number of hydrogen-bond donors (Lipinski definition) is 1. The molecule has 0 amide bonds. The highest BCUT2D eigenvalue weighted by Gasteiger charge is 2.21. The third kappa shape index (κ3) is 8.40. The normalized spacial score (nSPS) is 11.1. The van der Waals surface area contributed by atoms with E-state index in [0.717, 1.165) is 16.9 Å². The molecule has 3 aromatic carbocycles. The number of pyridine rings is 1. The summed E-state index contributed by atoms with van der Waals surface area (Å²) in [7, 11) is 1.61. The van der Waals surface area contributed by atoms with Gasteiger partial charge in [0.05, 0.1) is 45.2 Å². The predicted molar refractivity (Wildman–Crippen MR) is 160 cm³/mol. The van der Waals surface area contributed by atoms with E-state index >= 15 is 0 Å². The summed E-state index contributed by atoms with van der Waals surface area (Å²) in [6, 6.07) is 18.5. The Bertz CT molecular complexity index is 1480. The molecule has 0 saturated heterocycles. The zero-order valence-corrected chi connectivity index (χ0v) is 24.6. The fourth-order valence-electron chi connectivity index (χ4n) is 4.18. The number of fused-ring (bicyclic) bond motifs is 1. The lowest BCUT2D eigenvalue weighted by Gasteiger charge is -2.17. The summed E-state index contributed by atoms with van der Waals surface area (Å²) < 4.78 is 32.7. The van der Waals surface area contributed by atoms with Gasteiger partial charge in [-0.25, -0.2) is 4.79 Å². The van der Waals surface area contributed by atoms with Gasteiger partial charge in [-0.1, -0.05) is 41.4 Å². The molecule has 0 aliphatic rings. The smallest absolute Gasteiger partial charge is 0.457 e. The van der Waals surface area contributed by atoms with Crippen molar-refractivity contribution in [3.8, 4) is 28.4 Å². The molecular formula is C32H34ClNO8. The van der Waals surface area contributed by atoms with Crippen molar-refractivity contribution in [2.45, 2.75) is 20.5 Å². The molecule has 0 aliphatic carbocycles. The highest BCUT2D eigenvalue weighted by Crippen LogP contribution is 2.41. The zero-order valence-electron chi connectivity index (χ0n) is 23.9. The Balaban J connectivity index is 1.53. The fourth-order valence-corrected chi connectivity index (χ4v) is 4.40. The van der Waals surface area contributed by atoms with Gasteiger partial charge in [0.1, 0.15) is 18.1 Å². The van der Waals surface area contributed by atoms with Gasteiger partial charge in [-0.15, -0.1) is 0 Å². The van der Waals surface area contributed by atoms with E-state index in [1.807, 2.05) is 62.4 Å². The molecule has 0 atom stereocenters. The minimum atomic E-state index is -0.898. The van der Waals surface area contributed by atoms with Crippen LogP contribution in [0.3, 0.4) is 0 Å². The highest BCUT2D eigenvalue weighted by molar-refractivity contribution is 6.32. The quantitative estimate of drug-likeness (QED) is 0.127. The summed E-state index contributed by atoms with van der Waals surface area (Å²) in [4.78, 5) is 17.5. The Hall–Kier alpha value is -3.73. The van der Waals surface area contributed by atoms with Crippen LogP contribution in [0.2, 0.25) is 5.02 Å². The summed E-state index contributed by atoms with van der Waals surface area (Å²) in [6.45, 7) is 5.51. The Labute approximate surface area is 249 Å². The minimum absolute atomic E-state index is 0.00526. The minimum Gasteiger partial charge on any atom is -0.457 e. The molecule has 10 heteroatoms. The summed E-state index contributed by atoms with van der Waals surface area (Å²) in [6.07, 6.45) is -0.898. The number of carbonyl (C=O) groups excluding carboxylic acids is 1. The van der Waals surface area contributed by atoms with Crippen molar-refractivity contribution in [3.05, 3.63) is 82.5 Å². The average Bonchev–Trinajstić information content (AvgIpc) is 2.98. The number of ether oxygens (including phenoxy) is 6. The van der Waals surface area contributed by atoms with E-state index in [1.165, 1.54) is 0 Å². The first kappa shape index (κ1) is 31.2. The lowest BCUT2D eigenvalue weighted by molar-refractivity contribution is 0.00869. The second kappa shape index (κ2) is 15.5. The summed E-state index contributed by atoms with van der Waals surface area (Å²) >= 11 is 6.42. The molecule has 0 aliphatic heterocycles. The zero-order chi connectivity index (χ0) is 29.9. The van der Waals surface area contributed by atoms with E-state index in [9.17, 15) is 9.90 Å². The van der Waals surface area contributed by atoms with Gasteiger partial charge in [-0.05, 0) is 61.4 Å². The van der Waals surface area contributed by atoms with Gasteiger partial charge in [0.25, 0.3) is 0 Å². The maximum Gasteiger partial charge on any atom is 0.513 e. The van der Waals surface area contributed by atoms with Crippen LogP contribution >= 0.6 is 11.6 Å². The number of hydrogen-bond acceptors (Lipinski definition) is 9. The maximum atomic E-state index is 12.8. The number of carbonyl (C=O) groups is 1. The molecule has 4 aromatic rings. The van der Waals surface area contributed by atoms with Gasteiger partial charge >= 0.3 is 6.16 Å². The molecule has 42 heavy (non-hydrogen) atoms. The van der Waals surface area contributed by atoms with Crippen molar-refractivity contribution >= 4 is 28.7 Å². The monoisotopic (exact) mass is 595 g/mol. The van der Waals surface area contributed by atoms with Gasteiger partial charge in [0.15, 0.2) is 5.75 Å². The number of nitrogens with zero attached hydrogens (tertiary/aromatic N) is 1. The number of aryl methyl sites for hydroxylation is 2. The van der Waals surface area contributed by atoms with Crippen LogP contribution in [0.1, 0.15) is 16.8 Å². The molecule has 0 radical (unpaired) electrons. The van der Waals surface area contributed by atoms with E-state index in [1.54, 1.807) is 19.2 Å². The SMILES string of the molecule is COCCOCCOCCOC(=O)Oc1c(-c2ccc(Oc3ccc(C)cc3)cc2)c(C)nc2cc(CO)c(Cl)cc12. The number of halogens is 1. The van der Waals surface area contributed by atoms with Crippen LogP contribution in [0.15, 0.2) is 60.7 Å². The van der Waals surface area contributed by atoms with Crippen LogP contribution in [-0.2, 0) is 25.6 Å². The molecular weight excluding hydrogens is 562 g/mol. The third-order valence-electron chi connectivity index (χ3n) is 6.29. The molecule has 9 nitrogen and oxygen atoms in total. The van der Waals surface area contributed by atoms with Gasteiger partial charge < -0.3 is 33.5 Å². The van der Waals surface area contributed by atoms with Gasteiger partial charge in [0.2, 0.25) is 0 Å². The molecule has 0 fully saturated rings. The number of aliphatic hydroxyl groups is 1. The number of methoxy groups -OCH3 is 1. The van der Waals surface area contributed by atoms with E-state index in [2.05, 4.69) is 0 Å². The Kier molecular flexibility index (Phi) is 11.5. The molecule has 4 rings (SSSR count). The molecule has 222 valence electrons. The lowest BCUT2D eigenvalue weighted by Crippen LogP contribution is -2.17. The first-order valence-corrected chi connectivity index (χ1v) is 13.8. The molecule has 0 bridgehead atoms. The van der Waals surface area contributed by atoms with Crippen LogP contribution in [0, 0.1) is 13.8 Å². The summed E-state index contributed by atoms with van der Waals surface area (Å²) in [5.74, 6) is 1.62. The Morgan fingerprint density at radius 1 is 0.857 bits per heavy atom. The largest absolute Gasteiger partial charge is 0.513 e. The number of aromatic nitrogens is 1. The van der Waals surface area contributed by atoms with Crippen LogP contribution in [0.5, 0.6) is 17.2 Å². The van der Waals surface area contributed by atoms with E-state index in [-0.39, 0.29) is 25.6 Å². The Morgan fingerprint density at radius 2 is 1.48 bits per heavy atom. The van der Waals surface area contributed by atoms with Crippen LogP contribution in [0.25, 0.3) is 22.0 Å². The van der Waals surface area contributed by atoms with Crippen LogP contribution in [-0.4, -0.2) is 63.0 Å². The van der Waals surface area contributed by atoms with Crippen molar-refractivity contribution in [2.75, 3.05) is 46.8 Å². The summed E-state index contributed by atoms with van der Waals surface area (Å²) in [5, 5.41) is 10.5. The van der Waals surface area contributed by atoms with E-state index in [4.69, 9.17) is 45.0 Å². The van der Waals surface area contributed by atoms with Gasteiger partial charge in [-0.2, -0.15) is 0 Å². The first-order chi connectivity index (χ1) is 20.4. The van der Waals surface area contributed by atoms with Crippen LogP contribution < -0.4 is 9.47 Å². The molecule has 1 N–H and O–H groups in total.